The van der Waals surface area contributed by atoms with E-state index in [1.165, 1.54) is 0 Å². The van der Waals surface area contributed by atoms with Crippen molar-refractivity contribution in [3.8, 4) is 5.75 Å². The summed E-state index contributed by atoms with van der Waals surface area (Å²) in [7, 11) is 1.61. The number of hydrogen-bond donors (Lipinski definition) is 1. The Morgan fingerprint density at radius 1 is 1.35 bits per heavy atom. The Morgan fingerprint density at radius 2 is 2.00 bits per heavy atom. The molecular weight excluding hydrogens is 274 g/mol. The summed E-state index contributed by atoms with van der Waals surface area (Å²) in [5, 5.41) is 2.98. The number of hydrogen-bond acceptors (Lipinski definition) is 2. The van der Waals surface area contributed by atoms with Crippen LogP contribution in [0.15, 0.2) is 18.2 Å². The molecule has 1 aromatic carbocycles. The van der Waals surface area contributed by atoms with Crippen LogP contribution in [0.4, 0.5) is 0 Å². The monoisotopic (exact) mass is 297 g/mol. The van der Waals surface area contributed by atoms with Crippen LogP contribution >= 0.6 is 11.6 Å². The van der Waals surface area contributed by atoms with E-state index >= 15 is 0 Å². The Kier molecular flexibility index (Phi) is 6.34. The van der Waals surface area contributed by atoms with Crippen LogP contribution in [0.25, 0.3) is 0 Å². The highest BCUT2D eigenvalue weighted by Crippen LogP contribution is 2.27. The molecule has 0 fully saturated rings. The normalized spacial score (nSPS) is 11.2. The third-order valence-electron chi connectivity index (χ3n) is 4.08. The van der Waals surface area contributed by atoms with Crippen molar-refractivity contribution in [2.24, 2.45) is 5.41 Å². The van der Waals surface area contributed by atoms with Crippen LogP contribution in [0.2, 0.25) is 0 Å². The third kappa shape index (κ3) is 3.89. The molecule has 0 spiro atoms. The lowest BCUT2D eigenvalue weighted by Crippen LogP contribution is -2.38. The predicted octanol–water partition coefficient (Wildman–Crippen LogP) is 3.78. The number of alkyl halides is 1. The molecule has 112 valence electrons. The molecule has 0 saturated heterocycles. The quantitative estimate of drug-likeness (QED) is 0.778. The van der Waals surface area contributed by atoms with Crippen LogP contribution in [-0.2, 0) is 0 Å². The van der Waals surface area contributed by atoms with E-state index in [1.54, 1.807) is 13.2 Å². The van der Waals surface area contributed by atoms with E-state index in [2.05, 4.69) is 19.2 Å². The second kappa shape index (κ2) is 7.53. The Bertz CT molecular complexity index is 448. The lowest BCUT2D eigenvalue weighted by atomic mass is 9.84. The van der Waals surface area contributed by atoms with Gasteiger partial charge in [-0.3, -0.25) is 4.79 Å². The van der Waals surface area contributed by atoms with E-state index in [9.17, 15) is 4.79 Å². The molecule has 1 N–H and O–H groups in total. The summed E-state index contributed by atoms with van der Waals surface area (Å²) in [5.74, 6) is 1.20. The Hall–Kier alpha value is -1.22. The van der Waals surface area contributed by atoms with Gasteiger partial charge in [0.1, 0.15) is 5.75 Å². The summed E-state index contributed by atoms with van der Waals surface area (Å²) in [6, 6.07) is 5.47. The highest BCUT2D eigenvalue weighted by atomic mass is 35.5. The lowest BCUT2D eigenvalue weighted by molar-refractivity contribution is 0.0931. The molecule has 0 heterocycles. The molecule has 0 aromatic heterocycles. The molecule has 1 aromatic rings. The maximum absolute atomic E-state index is 12.2. The molecular formula is C16H24ClNO2. The number of ether oxygens (including phenoxy) is 1. The van der Waals surface area contributed by atoms with Crippen molar-refractivity contribution in [1.82, 2.24) is 5.32 Å². The number of amides is 1. The first-order valence-electron chi connectivity index (χ1n) is 7.00. The first-order valence-corrected chi connectivity index (χ1v) is 7.54. The molecule has 0 aliphatic heterocycles. The fourth-order valence-corrected chi connectivity index (χ4v) is 2.54. The number of aryl methyl sites for hydroxylation is 1. The zero-order valence-corrected chi connectivity index (χ0v) is 13.5. The van der Waals surface area contributed by atoms with E-state index < -0.39 is 0 Å². The molecule has 0 bridgehead atoms. The maximum atomic E-state index is 12.2. The summed E-state index contributed by atoms with van der Waals surface area (Å²) in [6.07, 6.45) is 1.90. The van der Waals surface area contributed by atoms with Gasteiger partial charge in [0.05, 0.1) is 7.11 Å². The molecule has 0 unspecified atom stereocenters. The van der Waals surface area contributed by atoms with Gasteiger partial charge in [-0.05, 0) is 37.5 Å². The van der Waals surface area contributed by atoms with Crippen LogP contribution in [0.1, 0.15) is 42.6 Å². The van der Waals surface area contributed by atoms with Crippen LogP contribution in [0.3, 0.4) is 0 Å². The van der Waals surface area contributed by atoms with Gasteiger partial charge in [-0.2, -0.15) is 0 Å². The van der Waals surface area contributed by atoms with Crippen molar-refractivity contribution in [2.45, 2.75) is 33.6 Å². The summed E-state index contributed by atoms with van der Waals surface area (Å²) >= 11 is 6.05. The van der Waals surface area contributed by atoms with E-state index in [0.29, 0.717) is 18.0 Å². The van der Waals surface area contributed by atoms with Crippen molar-refractivity contribution in [3.63, 3.8) is 0 Å². The minimum absolute atomic E-state index is 0.0218. The summed E-state index contributed by atoms with van der Waals surface area (Å²) in [4.78, 5) is 12.2. The Balaban J connectivity index is 2.76. The topological polar surface area (TPSA) is 38.3 Å². The minimum atomic E-state index is -0.0836. The highest BCUT2D eigenvalue weighted by molar-refractivity contribution is 6.18. The van der Waals surface area contributed by atoms with Gasteiger partial charge >= 0.3 is 0 Å². The van der Waals surface area contributed by atoms with Crippen LogP contribution in [0, 0.1) is 12.3 Å². The zero-order chi connectivity index (χ0) is 15.2. The molecule has 1 rings (SSSR count). The van der Waals surface area contributed by atoms with Gasteiger partial charge in [0.15, 0.2) is 0 Å². The number of nitrogens with one attached hydrogen (secondary N) is 1. The fraction of sp³-hybridized carbons (Fsp3) is 0.562. The summed E-state index contributed by atoms with van der Waals surface area (Å²) < 4.78 is 5.24. The van der Waals surface area contributed by atoms with Crippen molar-refractivity contribution >= 4 is 17.5 Å². The predicted molar refractivity (Wildman–Crippen MR) is 83.8 cm³/mol. The van der Waals surface area contributed by atoms with Gasteiger partial charge in [0, 0.05) is 23.4 Å². The average molecular weight is 298 g/mol. The lowest BCUT2D eigenvalue weighted by Gasteiger charge is -2.29. The first-order chi connectivity index (χ1) is 9.51. The fourth-order valence-electron chi connectivity index (χ4n) is 2.07. The van der Waals surface area contributed by atoms with Gasteiger partial charge in [0.25, 0.3) is 5.91 Å². The Morgan fingerprint density at radius 3 is 2.50 bits per heavy atom. The molecule has 4 heteroatoms. The molecule has 0 aliphatic rings. The summed E-state index contributed by atoms with van der Waals surface area (Å²) in [5.41, 5.74) is 1.61. The SMILES string of the molecule is CCC(CC)(CCl)CNC(=O)c1ccc(C)c(OC)c1. The van der Waals surface area contributed by atoms with Gasteiger partial charge in [-0.1, -0.05) is 19.9 Å². The number of halogens is 1. The molecule has 0 aliphatic carbocycles. The number of methoxy groups -OCH3 is 1. The zero-order valence-electron chi connectivity index (χ0n) is 12.8. The molecule has 0 atom stereocenters. The number of carbonyl (C=O) groups is 1. The van der Waals surface area contributed by atoms with E-state index in [-0.39, 0.29) is 11.3 Å². The third-order valence-corrected chi connectivity index (χ3v) is 4.64. The number of carbonyl (C=O) groups excluding carboxylic acids is 1. The van der Waals surface area contributed by atoms with Crippen LogP contribution in [-0.4, -0.2) is 25.4 Å². The van der Waals surface area contributed by atoms with Gasteiger partial charge in [-0.15, -0.1) is 11.6 Å². The van der Waals surface area contributed by atoms with Crippen LogP contribution < -0.4 is 10.1 Å². The van der Waals surface area contributed by atoms with Gasteiger partial charge < -0.3 is 10.1 Å². The van der Waals surface area contributed by atoms with Crippen molar-refractivity contribution < 1.29 is 9.53 Å². The van der Waals surface area contributed by atoms with Crippen molar-refractivity contribution in [2.75, 3.05) is 19.5 Å². The largest absolute Gasteiger partial charge is 0.496 e. The number of benzene rings is 1. The second-order valence-electron chi connectivity index (χ2n) is 5.21. The number of rotatable bonds is 7. The maximum Gasteiger partial charge on any atom is 0.251 e. The molecule has 3 nitrogen and oxygen atoms in total. The van der Waals surface area contributed by atoms with E-state index in [0.717, 1.165) is 24.2 Å². The second-order valence-corrected chi connectivity index (χ2v) is 5.48. The molecule has 0 radical (unpaired) electrons. The van der Waals surface area contributed by atoms with Crippen LogP contribution in [0.5, 0.6) is 5.75 Å². The molecule has 1 amide bonds. The first kappa shape index (κ1) is 16.8. The average Bonchev–Trinajstić information content (AvgIpc) is 2.49. The molecule has 0 saturated carbocycles. The molecule has 20 heavy (non-hydrogen) atoms. The summed E-state index contributed by atoms with van der Waals surface area (Å²) in [6.45, 7) is 6.76. The van der Waals surface area contributed by atoms with E-state index in [4.69, 9.17) is 16.3 Å². The highest BCUT2D eigenvalue weighted by Gasteiger charge is 2.25. The van der Waals surface area contributed by atoms with Crippen molar-refractivity contribution in [1.29, 1.82) is 0 Å². The van der Waals surface area contributed by atoms with Gasteiger partial charge in [0.2, 0.25) is 0 Å². The van der Waals surface area contributed by atoms with E-state index in [1.807, 2.05) is 19.1 Å². The Labute approximate surface area is 126 Å². The standard InChI is InChI=1S/C16H24ClNO2/c1-5-16(6-2,10-17)11-18-15(19)13-8-7-12(3)14(9-13)20-4/h7-9H,5-6,10-11H2,1-4H3,(H,18,19). The minimum Gasteiger partial charge on any atom is -0.496 e. The van der Waals surface area contributed by atoms with Crippen molar-refractivity contribution in [3.05, 3.63) is 29.3 Å². The smallest absolute Gasteiger partial charge is 0.251 e. The van der Waals surface area contributed by atoms with Gasteiger partial charge in [-0.25, -0.2) is 0 Å².